The Bertz CT molecular complexity index is 255. The normalized spacial score (nSPS) is 10.7. The summed E-state index contributed by atoms with van der Waals surface area (Å²) in [6.45, 7) is 5.82. The minimum atomic E-state index is 0.836. The first kappa shape index (κ1) is 10.3. The molecule has 0 unspecified atom stereocenters. The SMILES string of the molecule is COCCCCn1nc(C)[c]c1C. The van der Waals surface area contributed by atoms with Crippen molar-refractivity contribution in [3.8, 4) is 0 Å². The van der Waals surface area contributed by atoms with Gasteiger partial charge in [0.25, 0.3) is 0 Å². The fourth-order valence-electron chi connectivity index (χ4n) is 1.33. The molecule has 1 rings (SSSR count). The molecule has 0 aromatic carbocycles. The Hall–Kier alpha value is -0.830. The average Bonchev–Trinajstić information content (AvgIpc) is 2.39. The minimum Gasteiger partial charge on any atom is -0.385 e. The first-order valence-electron chi connectivity index (χ1n) is 4.66. The number of aromatic nitrogens is 2. The highest BCUT2D eigenvalue weighted by Crippen LogP contribution is 2.02. The monoisotopic (exact) mass is 181 g/mol. The molecule has 0 amide bonds. The lowest BCUT2D eigenvalue weighted by Crippen LogP contribution is -2.03. The van der Waals surface area contributed by atoms with E-state index >= 15 is 0 Å². The predicted octanol–water partition coefficient (Wildman–Crippen LogP) is 1.73. The maximum absolute atomic E-state index is 4.98. The topological polar surface area (TPSA) is 27.1 Å². The van der Waals surface area contributed by atoms with Crippen LogP contribution < -0.4 is 0 Å². The highest BCUT2D eigenvalue weighted by molar-refractivity contribution is 5.03. The van der Waals surface area contributed by atoms with Crippen molar-refractivity contribution in [3.63, 3.8) is 0 Å². The molecular weight excluding hydrogens is 164 g/mol. The van der Waals surface area contributed by atoms with Crippen LogP contribution in [-0.2, 0) is 11.3 Å². The quantitative estimate of drug-likeness (QED) is 0.647. The summed E-state index contributed by atoms with van der Waals surface area (Å²) in [6, 6.07) is 3.17. The zero-order valence-corrected chi connectivity index (χ0v) is 8.63. The fourth-order valence-corrected chi connectivity index (χ4v) is 1.33. The zero-order valence-electron chi connectivity index (χ0n) is 8.63. The van der Waals surface area contributed by atoms with E-state index in [1.165, 1.54) is 0 Å². The van der Waals surface area contributed by atoms with Crippen molar-refractivity contribution in [1.82, 2.24) is 9.78 Å². The van der Waals surface area contributed by atoms with E-state index in [1.807, 2.05) is 18.5 Å². The molecule has 1 radical (unpaired) electrons. The van der Waals surface area contributed by atoms with Gasteiger partial charge in [-0.25, -0.2) is 0 Å². The second-order valence-corrected chi connectivity index (χ2v) is 3.22. The summed E-state index contributed by atoms with van der Waals surface area (Å²) in [6.07, 6.45) is 2.21. The first-order chi connectivity index (χ1) is 6.24. The van der Waals surface area contributed by atoms with Gasteiger partial charge in [-0.05, 0) is 26.7 Å². The molecular formula is C10H17N2O. The molecule has 1 heterocycles. The number of hydrogen-bond acceptors (Lipinski definition) is 2. The third kappa shape index (κ3) is 3.19. The molecule has 0 fully saturated rings. The van der Waals surface area contributed by atoms with Crippen LogP contribution in [0.25, 0.3) is 0 Å². The van der Waals surface area contributed by atoms with Crippen molar-refractivity contribution in [3.05, 3.63) is 17.5 Å². The van der Waals surface area contributed by atoms with Gasteiger partial charge in [-0.1, -0.05) is 0 Å². The Balaban J connectivity index is 2.32. The van der Waals surface area contributed by atoms with Gasteiger partial charge in [0.2, 0.25) is 0 Å². The molecule has 0 aliphatic rings. The lowest BCUT2D eigenvalue weighted by molar-refractivity contribution is 0.191. The van der Waals surface area contributed by atoms with Gasteiger partial charge in [-0.15, -0.1) is 0 Å². The molecule has 0 aliphatic heterocycles. The van der Waals surface area contributed by atoms with E-state index in [0.717, 1.165) is 37.4 Å². The van der Waals surface area contributed by atoms with Gasteiger partial charge >= 0.3 is 0 Å². The molecule has 0 N–H and O–H groups in total. The predicted molar refractivity (Wildman–Crippen MR) is 51.6 cm³/mol. The zero-order chi connectivity index (χ0) is 9.68. The van der Waals surface area contributed by atoms with Crippen LogP contribution >= 0.6 is 0 Å². The third-order valence-corrected chi connectivity index (χ3v) is 1.99. The summed E-state index contributed by atoms with van der Waals surface area (Å²) < 4.78 is 6.98. The number of methoxy groups -OCH3 is 1. The summed E-state index contributed by atoms with van der Waals surface area (Å²) in [5.74, 6) is 0. The largest absolute Gasteiger partial charge is 0.385 e. The number of hydrogen-bond donors (Lipinski definition) is 0. The highest BCUT2D eigenvalue weighted by atomic mass is 16.5. The molecule has 73 valence electrons. The van der Waals surface area contributed by atoms with Crippen molar-refractivity contribution in [2.75, 3.05) is 13.7 Å². The Kier molecular flexibility index (Phi) is 3.96. The molecule has 1 aromatic rings. The lowest BCUT2D eigenvalue weighted by atomic mass is 10.3. The van der Waals surface area contributed by atoms with Gasteiger partial charge < -0.3 is 4.74 Å². The van der Waals surface area contributed by atoms with E-state index in [2.05, 4.69) is 11.2 Å². The summed E-state index contributed by atoms with van der Waals surface area (Å²) in [7, 11) is 1.73. The minimum absolute atomic E-state index is 0.836. The Labute approximate surface area is 79.7 Å². The van der Waals surface area contributed by atoms with Crippen LogP contribution in [0.1, 0.15) is 24.2 Å². The molecule has 3 nitrogen and oxygen atoms in total. The van der Waals surface area contributed by atoms with E-state index in [-0.39, 0.29) is 0 Å². The number of ether oxygens (including phenoxy) is 1. The maximum Gasteiger partial charge on any atom is 0.0676 e. The molecule has 0 saturated carbocycles. The average molecular weight is 181 g/mol. The van der Waals surface area contributed by atoms with Crippen LogP contribution in [0.4, 0.5) is 0 Å². The van der Waals surface area contributed by atoms with Crippen molar-refractivity contribution >= 4 is 0 Å². The van der Waals surface area contributed by atoms with Crippen LogP contribution in [0.15, 0.2) is 0 Å². The number of aryl methyl sites for hydroxylation is 3. The van der Waals surface area contributed by atoms with Gasteiger partial charge in [-0.2, -0.15) is 5.10 Å². The van der Waals surface area contributed by atoms with Crippen molar-refractivity contribution in [1.29, 1.82) is 0 Å². The fraction of sp³-hybridized carbons (Fsp3) is 0.700. The number of rotatable bonds is 5. The molecule has 1 aromatic heterocycles. The van der Waals surface area contributed by atoms with Crippen LogP contribution in [0.2, 0.25) is 0 Å². The number of unbranched alkanes of at least 4 members (excludes halogenated alkanes) is 1. The lowest BCUT2D eigenvalue weighted by Gasteiger charge is -2.03. The Morgan fingerprint density at radius 1 is 1.38 bits per heavy atom. The van der Waals surface area contributed by atoms with Crippen LogP contribution in [0, 0.1) is 19.9 Å². The molecule has 0 atom stereocenters. The van der Waals surface area contributed by atoms with Crippen LogP contribution in [-0.4, -0.2) is 23.5 Å². The first-order valence-corrected chi connectivity index (χ1v) is 4.66. The van der Waals surface area contributed by atoms with Crippen molar-refractivity contribution in [2.24, 2.45) is 0 Å². The van der Waals surface area contributed by atoms with E-state index in [4.69, 9.17) is 4.74 Å². The van der Waals surface area contributed by atoms with Crippen molar-refractivity contribution in [2.45, 2.75) is 33.2 Å². The molecule has 13 heavy (non-hydrogen) atoms. The Morgan fingerprint density at radius 3 is 2.69 bits per heavy atom. The summed E-state index contributed by atoms with van der Waals surface area (Å²) in [4.78, 5) is 0. The van der Waals surface area contributed by atoms with E-state index in [0.29, 0.717) is 0 Å². The summed E-state index contributed by atoms with van der Waals surface area (Å²) in [5.41, 5.74) is 2.10. The smallest absolute Gasteiger partial charge is 0.0676 e. The van der Waals surface area contributed by atoms with Crippen molar-refractivity contribution < 1.29 is 4.74 Å². The van der Waals surface area contributed by atoms with Gasteiger partial charge in [0, 0.05) is 32.0 Å². The molecule has 0 aliphatic carbocycles. The van der Waals surface area contributed by atoms with Gasteiger partial charge in [0.05, 0.1) is 5.69 Å². The molecule has 0 saturated heterocycles. The molecule has 3 heteroatoms. The van der Waals surface area contributed by atoms with E-state index in [9.17, 15) is 0 Å². The van der Waals surface area contributed by atoms with Gasteiger partial charge in [0.1, 0.15) is 0 Å². The number of nitrogens with zero attached hydrogens (tertiary/aromatic N) is 2. The maximum atomic E-state index is 4.98. The second-order valence-electron chi connectivity index (χ2n) is 3.22. The Morgan fingerprint density at radius 2 is 2.15 bits per heavy atom. The summed E-state index contributed by atoms with van der Waals surface area (Å²) >= 11 is 0. The molecule has 0 bridgehead atoms. The van der Waals surface area contributed by atoms with Gasteiger partial charge in [0.15, 0.2) is 0 Å². The standard InChI is InChI=1S/C10H17N2O/c1-9-8-10(2)12(11-9)6-4-5-7-13-3/h4-7H2,1-3H3. The second kappa shape index (κ2) is 5.02. The van der Waals surface area contributed by atoms with E-state index < -0.39 is 0 Å². The third-order valence-electron chi connectivity index (χ3n) is 1.99. The summed E-state index contributed by atoms with van der Waals surface area (Å²) in [5, 5.41) is 4.33. The van der Waals surface area contributed by atoms with Crippen LogP contribution in [0.5, 0.6) is 0 Å². The van der Waals surface area contributed by atoms with Crippen LogP contribution in [0.3, 0.4) is 0 Å². The van der Waals surface area contributed by atoms with E-state index in [1.54, 1.807) is 7.11 Å². The highest BCUT2D eigenvalue weighted by Gasteiger charge is 1.99. The molecule has 0 spiro atoms. The van der Waals surface area contributed by atoms with Gasteiger partial charge in [-0.3, -0.25) is 4.68 Å².